The molecule has 0 fully saturated rings. The van der Waals surface area contributed by atoms with Gasteiger partial charge in [-0.05, 0) is 54.8 Å². The lowest BCUT2D eigenvalue weighted by atomic mass is 10.1. The zero-order valence-electron chi connectivity index (χ0n) is 16.4. The lowest BCUT2D eigenvalue weighted by Crippen LogP contribution is -2.30. The summed E-state index contributed by atoms with van der Waals surface area (Å²) < 4.78 is 5.30. The maximum Gasteiger partial charge on any atom is 0.439 e. The van der Waals surface area contributed by atoms with E-state index in [-0.39, 0.29) is 17.2 Å². The lowest BCUT2D eigenvalue weighted by molar-refractivity contribution is -0.0790. The predicted molar refractivity (Wildman–Crippen MR) is 111 cm³/mol. The van der Waals surface area contributed by atoms with Crippen molar-refractivity contribution in [1.29, 1.82) is 0 Å². The van der Waals surface area contributed by atoms with Gasteiger partial charge >= 0.3 is 6.09 Å². The van der Waals surface area contributed by atoms with Gasteiger partial charge in [0.25, 0.3) is 5.91 Å². The van der Waals surface area contributed by atoms with E-state index in [1.807, 2.05) is 31.3 Å². The second-order valence-corrected chi connectivity index (χ2v) is 6.99. The van der Waals surface area contributed by atoms with Gasteiger partial charge < -0.3 is 15.0 Å². The van der Waals surface area contributed by atoms with Crippen molar-refractivity contribution in [3.05, 3.63) is 64.3 Å². The van der Waals surface area contributed by atoms with E-state index in [9.17, 15) is 9.59 Å². The van der Waals surface area contributed by atoms with Crippen LogP contribution >= 0.6 is 11.6 Å². The summed E-state index contributed by atoms with van der Waals surface area (Å²) in [6, 6.07) is 10.7. The highest BCUT2D eigenvalue weighted by atomic mass is 35.5. The molecule has 29 heavy (non-hydrogen) atoms. The SMILES string of the molecule is CON(C)C(=O)Oc1cc(C)ccc1C(=O)NCCc1c[nH]c2ccc(Cl)cc12. The van der Waals surface area contributed by atoms with Gasteiger partial charge in [-0.15, -0.1) is 0 Å². The maximum absolute atomic E-state index is 12.7. The standard InChI is InChI=1S/C21H22ClN3O4/c1-13-4-6-16(19(10-13)29-21(27)25(2)28-3)20(26)23-9-8-14-12-24-18-7-5-15(22)11-17(14)18/h4-7,10-12,24H,8-9H2,1-3H3,(H,23,26). The quantitative estimate of drug-likeness (QED) is 0.594. The average Bonchev–Trinajstić information content (AvgIpc) is 3.09. The van der Waals surface area contributed by atoms with E-state index in [1.165, 1.54) is 14.2 Å². The normalized spacial score (nSPS) is 10.8. The van der Waals surface area contributed by atoms with Crippen LogP contribution in [0.4, 0.5) is 4.79 Å². The van der Waals surface area contributed by atoms with E-state index >= 15 is 0 Å². The molecule has 0 saturated carbocycles. The maximum atomic E-state index is 12.7. The van der Waals surface area contributed by atoms with Gasteiger partial charge in [-0.1, -0.05) is 17.7 Å². The number of hydrogen-bond donors (Lipinski definition) is 2. The van der Waals surface area contributed by atoms with Gasteiger partial charge in [0.2, 0.25) is 0 Å². The molecule has 0 atom stereocenters. The number of nitrogens with zero attached hydrogens (tertiary/aromatic N) is 1. The topological polar surface area (TPSA) is 83.7 Å². The molecule has 7 nitrogen and oxygen atoms in total. The fraction of sp³-hybridized carbons (Fsp3) is 0.238. The molecule has 2 aromatic carbocycles. The van der Waals surface area contributed by atoms with Crippen LogP contribution in [0.3, 0.4) is 0 Å². The Morgan fingerprint density at radius 2 is 2.00 bits per heavy atom. The van der Waals surface area contributed by atoms with Crippen LogP contribution < -0.4 is 10.1 Å². The van der Waals surface area contributed by atoms with Crippen molar-refractivity contribution in [2.24, 2.45) is 0 Å². The molecule has 8 heteroatoms. The van der Waals surface area contributed by atoms with Crippen LogP contribution in [0.15, 0.2) is 42.6 Å². The molecule has 0 radical (unpaired) electrons. The number of carbonyl (C=O) groups excluding carboxylic acids is 2. The van der Waals surface area contributed by atoms with E-state index in [0.29, 0.717) is 18.0 Å². The molecule has 1 heterocycles. The molecule has 0 bridgehead atoms. The van der Waals surface area contributed by atoms with E-state index < -0.39 is 6.09 Å². The molecule has 1 aromatic heterocycles. The lowest BCUT2D eigenvalue weighted by Gasteiger charge is -2.16. The van der Waals surface area contributed by atoms with Crippen molar-refractivity contribution in [2.45, 2.75) is 13.3 Å². The number of rotatable bonds is 6. The van der Waals surface area contributed by atoms with Crippen LogP contribution in [0.1, 0.15) is 21.5 Å². The highest BCUT2D eigenvalue weighted by molar-refractivity contribution is 6.31. The van der Waals surface area contributed by atoms with Crippen LogP contribution in [0.2, 0.25) is 5.02 Å². The summed E-state index contributed by atoms with van der Waals surface area (Å²) in [5, 5.41) is 5.50. The van der Waals surface area contributed by atoms with E-state index in [4.69, 9.17) is 21.2 Å². The van der Waals surface area contributed by atoms with Gasteiger partial charge in [0.15, 0.2) is 0 Å². The zero-order chi connectivity index (χ0) is 21.0. The molecular weight excluding hydrogens is 394 g/mol. The van der Waals surface area contributed by atoms with Crippen LogP contribution in [0.5, 0.6) is 5.75 Å². The fourth-order valence-corrected chi connectivity index (χ4v) is 3.07. The minimum atomic E-state index is -0.720. The summed E-state index contributed by atoms with van der Waals surface area (Å²) >= 11 is 6.08. The molecule has 152 valence electrons. The number of H-pyrrole nitrogens is 1. The number of benzene rings is 2. The van der Waals surface area contributed by atoms with Crippen molar-refractivity contribution >= 4 is 34.5 Å². The van der Waals surface area contributed by atoms with Gasteiger partial charge in [-0.2, -0.15) is 5.06 Å². The highest BCUT2D eigenvalue weighted by Crippen LogP contribution is 2.23. The first-order chi connectivity index (χ1) is 13.9. The average molecular weight is 416 g/mol. The number of amides is 2. The third kappa shape index (κ3) is 4.88. The molecule has 0 aliphatic heterocycles. The third-order valence-electron chi connectivity index (χ3n) is 4.52. The third-order valence-corrected chi connectivity index (χ3v) is 4.75. The van der Waals surface area contributed by atoms with E-state index in [1.54, 1.807) is 18.2 Å². The minimum Gasteiger partial charge on any atom is -0.408 e. The number of aryl methyl sites for hydroxylation is 1. The Hall–Kier alpha value is -3.03. The smallest absolute Gasteiger partial charge is 0.408 e. The van der Waals surface area contributed by atoms with Crippen molar-refractivity contribution < 1.29 is 19.2 Å². The summed E-state index contributed by atoms with van der Waals surface area (Å²) in [6.07, 6.45) is 1.81. The Morgan fingerprint density at radius 1 is 1.21 bits per heavy atom. The summed E-state index contributed by atoms with van der Waals surface area (Å²) in [6.45, 7) is 2.26. The largest absolute Gasteiger partial charge is 0.439 e. The summed E-state index contributed by atoms with van der Waals surface area (Å²) in [7, 11) is 2.77. The number of nitrogens with one attached hydrogen (secondary N) is 2. The summed E-state index contributed by atoms with van der Waals surface area (Å²) in [4.78, 5) is 32.7. The van der Waals surface area contributed by atoms with Crippen LogP contribution in [-0.2, 0) is 11.3 Å². The molecule has 0 unspecified atom stereocenters. The Morgan fingerprint density at radius 3 is 2.76 bits per heavy atom. The highest BCUT2D eigenvalue weighted by Gasteiger charge is 2.18. The number of fused-ring (bicyclic) bond motifs is 1. The molecule has 3 aromatic rings. The van der Waals surface area contributed by atoms with Crippen LogP contribution in [-0.4, -0.2) is 42.7 Å². The van der Waals surface area contributed by atoms with Gasteiger partial charge in [-0.3, -0.25) is 9.63 Å². The molecule has 0 saturated heterocycles. The van der Waals surface area contributed by atoms with Gasteiger partial charge in [-0.25, -0.2) is 4.79 Å². The van der Waals surface area contributed by atoms with Crippen molar-refractivity contribution in [3.8, 4) is 5.75 Å². The number of carbonyl (C=O) groups is 2. The molecule has 0 aliphatic carbocycles. The van der Waals surface area contributed by atoms with Gasteiger partial charge in [0.05, 0.1) is 12.7 Å². The van der Waals surface area contributed by atoms with Gasteiger partial charge in [0.1, 0.15) is 5.75 Å². The number of hydroxylamine groups is 2. The Bertz CT molecular complexity index is 1050. The summed E-state index contributed by atoms with van der Waals surface area (Å²) in [5.41, 5.74) is 3.18. The molecule has 3 rings (SSSR count). The van der Waals surface area contributed by atoms with Crippen molar-refractivity contribution in [1.82, 2.24) is 15.4 Å². The van der Waals surface area contributed by atoms with Crippen molar-refractivity contribution in [3.63, 3.8) is 0 Å². The Labute approximate surface area is 173 Å². The second kappa shape index (κ2) is 8.98. The fourth-order valence-electron chi connectivity index (χ4n) is 2.90. The summed E-state index contributed by atoms with van der Waals surface area (Å²) in [5.74, 6) is -0.152. The van der Waals surface area contributed by atoms with Crippen LogP contribution in [0, 0.1) is 6.92 Å². The van der Waals surface area contributed by atoms with E-state index in [0.717, 1.165) is 27.1 Å². The number of ether oxygens (including phenoxy) is 1. The van der Waals surface area contributed by atoms with Gasteiger partial charge in [0, 0.05) is 35.7 Å². The number of aromatic amines is 1. The monoisotopic (exact) mass is 415 g/mol. The second-order valence-electron chi connectivity index (χ2n) is 6.56. The van der Waals surface area contributed by atoms with Crippen LogP contribution in [0.25, 0.3) is 10.9 Å². The number of halogens is 1. The first kappa shape index (κ1) is 20.7. The number of hydrogen-bond acceptors (Lipinski definition) is 4. The predicted octanol–water partition coefficient (Wildman–Crippen LogP) is 4.09. The first-order valence-electron chi connectivity index (χ1n) is 9.03. The van der Waals surface area contributed by atoms with Crippen molar-refractivity contribution in [2.75, 3.05) is 20.7 Å². The Kier molecular flexibility index (Phi) is 6.41. The number of aromatic nitrogens is 1. The molecular formula is C21H22ClN3O4. The minimum absolute atomic E-state index is 0.176. The molecule has 2 amide bonds. The molecule has 0 aliphatic rings. The first-order valence-corrected chi connectivity index (χ1v) is 9.41. The zero-order valence-corrected chi connectivity index (χ0v) is 17.2. The molecule has 0 spiro atoms. The molecule has 2 N–H and O–H groups in total. The Balaban J connectivity index is 1.68. The van der Waals surface area contributed by atoms with E-state index in [2.05, 4.69) is 10.3 Å².